The Morgan fingerprint density at radius 1 is 1.04 bits per heavy atom. The van der Waals surface area contributed by atoms with E-state index in [0.29, 0.717) is 5.75 Å². The van der Waals surface area contributed by atoms with Crippen LogP contribution in [0.15, 0.2) is 24.0 Å². The van der Waals surface area contributed by atoms with Crippen LogP contribution in [0.1, 0.15) is 72.1 Å². The molecule has 2 rings (SSSR count). The fourth-order valence-corrected chi connectivity index (χ4v) is 3.16. The topological polar surface area (TPSA) is 41.5 Å². The first-order valence-electron chi connectivity index (χ1n) is 8.32. The molecule has 128 valence electrons. The molecule has 1 aromatic carbocycles. The van der Waals surface area contributed by atoms with E-state index < -0.39 is 0 Å². The Kier molecular flexibility index (Phi) is 4.31. The van der Waals surface area contributed by atoms with Gasteiger partial charge in [-0.3, -0.25) is 0 Å². The van der Waals surface area contributed by atoms with Gasteiger partial charge in [0.15, 0.2) is 0 Å². The maximum atomic E-state index is 10.8. The zero-order chi connectivity index (χ0) is 17.6. The molecule has 3 nitrogen and oxygen atoms in total. The Labute approximate surface area is 140 Å². The van der Waals surface area contributed by atoms with E-state index in [-0.39, 0.29) is 16.4 Å². The Morgan fingerprint density at radius 3 is 1.87 bits per heavy atom. The highest BCUT2D eigenvalue weighted by Gasteiger charge is 2.31. The molecule has 1 aliphatic heterocycles. The molecule has 0 aliphatic carbocycles. The van der Waals surface area contributed by atoms with E-state index in [1.54, 1.807) is 0 Å². The first kappa shape index (κ1) is 17.9. The SMILES string of the molecule is CC1=CC(C)(Cc2cc(C(C)(C)C)c(O)c(C(C)(C)C)c2)NO1. The molecule has 0 fully saturated rings. The van der Waals surface area contributed by atoms with Crippen molar-refractivity contribution >= 4 is 0 Å². The summed E-state index contributed by atoms with van der Waals surface area (Å²) >= 11 is 0. The molecule has 1 atom stereocenters. The number of hydroxylamine groups is 1. The van der Waals surface area contributed by atoms with E-state index in [1.807, 2.05) is 6.92 Å². The largest absolute Gasteiger partial charge is 0.507 e. The molecule has 0 saturated heterocycles. The molecular formula is C20H31NO2. The van der Waals surface area contributed by atoms with E-state index >= 15 is 0 Å². The maximum Gasteiger partial charge on any atom is 0.123 e. The van der Waals surface area contributed by atoms with Gasteiger partial charge in [-0.1, -0.05) is 53.7 Å². The van der Waals surface area contributed by atoms with Crippen LogP contribution in [0.2, 0.25) is 0 Å². The van der Waals surface area contributed by atoms with Crippen LogP contribution in [-0.4, -0.2) is 10.6 Å². The van der Waals surface area contributed by atoms with Crippen LogP contribution in [0.4, 0.5) is 0 Å². The zero-order valence-electron chi connectivity index (χ0n) is 15.8. The number of hydrogen-bond donors (Lipinski definition) is 2. The molecule has 2 N–H and O–H groups in total. The lowest BCUT2D eigenvalue weighted by atomic mass is 9.77. The van der Waals surface area contributed by atoms with Gasteiger partial charge < -0.3 is 9.94 Å². The van der Waals surface area contributed by atoms with E-state index in [4.69, 9.17) is 4.84 Å². The summed E-state index contributed by atoms with van der Waals surface area (Å²) in [6.07, 6.45) is 2.93. The zero-order valence-corrected chi connectivity index (χ0v) is 15.8. The predicted octanol–water partition coefficient (Wildman–Crippen LogP) is 4.73. The smallest absolute Gasteiger partial charge is 0.123 e. The minimum atomic E-state index is -0.217. The Balaban J connectivity index is 2.53. The van der Waals surface area contributed by atoms with Crippen molar-refractivity contribution < 1.29 is 9.94 Å². The van der Waals surface area contributed by atoms with Gasteiger partial charge in [0.05, 0.1) is 5.54 Å². The predicted molar refractivity (Wildman–Crippen MR) is 95.6 cm³/mol. The van der Waals surface area contributed by atoms with E-state index in [2.05, 4.69) is 72.2 Å². The third kappa shape index (κ3) is 3.89. The van der Waals surface area contributed by atoms with Crippen LogP contribution >= 0.6 is 0 Å². The monoisotopic (exact) mass is 317 g/mol. The van der Waals surface area contributed by atoms with Crippen LogP contribution in [0.5, 0.6) is 5.75 Å². The van der Waals surface area contributed by atoms with Crippen molar-refractivity contribution in [3.63, 3.8) is 0 Å². The second kappa shape index (κ2) is 5.55. The van der Waals surface area contributed by atoms with Crippen LogP contribution in [0.25, 0.3) is 0 Å². The molecule has 0 saturated carbocycles. The fourth-order valence-electron chi connectivity index (χ4n) is 3.16. The molecule has 23 heavy (non-hydrogen) atoms. The summed E-state index contributed by atoms with van der Waals surface area (Å²) in [6, 6.07) is 4.28. The van der Waals surface area contributed by atoms with Crippen molar-refractivity contribution in [3.8, 4) is 5.75 Å². The number of allylic oxidation sites excluding steroid dienone is 1. The molecule has 1 aromatic rings. The summed E-state index contributed by atoms with van der Waals surface area (Å²) in [5.41, 5.74) is 5.90. The van der Waals surface area contributed by atoms with Crippen LogP contribution in [-0.2, 0) is 22.1 Å². The lowest BCUT2D eigenvalue weighted by molar-refractivity contribution is 0.0859. The number of phenolic OH excluding ortho intramolecular Hbond substituents is 1. The van der Waals surface area contributed by atoms with E-state index in [0.717, 1.165) is 23.3 Å². The summed E-state index contributed by atoms with van der Waals surface area (Å²) in [4.78, 5) is 5.42. The molecule has 0 spiro atoms. The average Bonchev–Trinajstić information content (AvgIpc) is 2.68. The summed E-state index contributed by atoms with van der Waals surface area (Å²) in [5, 5.41) is 10.8. The third-order valence-electron chi connectivity index (χ3n) is 4.32. The maximum absolute atomic E-state index is 10.8. The number of rotatable bonds is 2. The summed E-state index contributed by atoms with van der Waals surface area (Å²) in [6.45, 7) is 16.9. The first-order chi connectivity index (χ1) is 10.3. The molecular weight excluding hydrogens is 286 g/mol. The Hall–Kier alpha value is -1.48. The molecule has 1 heterocycles. The highest BCUT2D eigenvalue weighted by molar-refractivity contribution is 5.50. The van der Waals surface area contributed by atoms with Crippen molar-refractivity contribution in [2.45, 2.75) is 78.2 Å². The average molecular weight is 317 g/mol. The van der Waals surface area contributed by atoms with Gasteiger partial charge in [-0.15, -0.1) is 5.48 Å². The lowest BCUT2D eigenvalue weighted by Crippen LogP contribution is -2.37. The van der Waals surface area contributed by atoms with Crippen molar-refractivity contribution in [1.29, 1.82) is 0 Å². The van der Waals surface area contributed by atoms with Gasteiger partial charge in [-0.2, -0.15) is 0 Å². The second-order valence-electron chi connectivity index (χ2n) is 9.09. The highest BCUT2D eigenvalue weighted by Crippen LogP contribution is 2.40. The normalized spacial score (nSPS) is 22.0. The molecule has 0 bridgehead atoms. The van der Waals surface area contributed by atoms with Gasteiger partial charge >= 0.3 is 0 Å². The van der Waals surface area contributed by atoms with E-state index in [9.17, 15) is 5.11 Å². The van der Waals surface area contributed by atoms with Gasteiger partial charge in [-0.05, 0) is 53.9 Å². The number of hydrogen-bond acceptors (Lipinski definition) is 3. The van der Waals surface area contributed by atoms with Crippen LogP contribution in [0, 0.1) is 0 Å². The summed E-state index contributed by atoms with van der Waals surface area (Å²) < 4.78 is 0. The molecule has 0 radical (unpaired) electrons. The number of aromatic hydroxyl groups is 1. The Morgan fingerprint density at radius 2 is 1.52 bits per heavy atom. The van der Waals surface area contributed by atoms with Crippen molar-refractivity contribution in [1.82, 2.24) is 5.48 Å². The molecule has 0 aromatic heterocycles. The van der Waals surface area contributed by atoms with E-state index in [1.165, 1.54) is 5.56 Å². The minimum absolute atomic E-state index is 0.105. The van der Waals surface area contributed by atoms with Crippen molar-refractivity contribution in [2.75, 3.05) is 0 Å². The standard InChI is InChI=1S/C20H31NO2/c1-13-11-20(8,21-23-13)12-14-9-15(18(2,3)4)17(22)16(10-14)19(5,6)7/h9-11,21-22H,12H2,1-8H3. The van der Waals surface area contributed by atoms with Crippen molar-refractivity contribution in [3.05, 3.63) is 40.7 Å². The lowest BCUT2D eigenvalue weighted by Gasteiger charge is -2.29. The molecule has 1 aliphatic rings. The Bertz CT molecular complexity index is 597. The molecule has 0 amide bonds. The minimum Gasteiger partial charge on any atom is -0.507 e. The fraction of sp³-hybridized carbons (Fsp3) is 0.600. The van der Waals surface area contributed by atoms with Gasteiger partial charge in [0.1, 0.15) is 11.5 Å². The summed E-state index contributed by atoms with van der Waals surface area (Å²) in [7, 11) is 0. The molecule has 3 heteroatoms. The van der Waals surface area contributed by atoms with Gasteiger partial charge in [0.25, 0.3) is 0 Å². The third-order valence-corrected chi connectivity index (χ3v) is 4.32. The molecule has 1 unspecified atom stereocenters. The second-order valence-corrected chi connectivity index (χ2v) is 9.09. The van der Waals surface area contributed by atoms with Gasteiger partial charge in [0, 0.05) is 0 Å². The van der Waals surface area contributed by atoms with Crippen molar-refractivity contribution in [2.24, 2.45) is 0 Å². The first-order valence-corrected chi connectivity index (χ1v) is 8.32. The number of nitrogens with one attached hydrogen (secondary N) is 1. The summed E-state index contributed by atoms with van der Waals surface area (Å²) in [5.74, 6) is 1.33. The van der Waals surface area contributed by atoms with Gasteiger partial charge in [-0.25, -0.2) is 0 Å². The highest BCUT2D eigenvalue weighted by atomic mass is 16.7. The quantitative estimate of drug-likeness (QED) is 0.829. The number of phenols is 1. The number of benzene rings is 1. The van der Waals surface area contributed by atoms with Crippen LogP contribution in [0.3, 0.4) is 0 Å². The van der Waals surface area contributed by atoms with Gasteiger partial charge in [0.2, 0.25) is 0 Å². The van der Waals surface area contributed by atoms with Crippen LogP contribution < -0.4 is 5.48 Å².